The summed E-state index contributed by atoms with van der Waals surface area (Å²) >= 11 is 0. The Bertz CT molecular complexity index is 924. The molecule has 0 aliphatic carbocycles. The van der Waals surface area contributed by atoms with Gasteiger partial charge in [0.05, 0.1) is 12.8 Å². The SMILES string of the molecule is COc1ccccc1NC(=O)c1ccc(NC(=O)CCN2C(=O)CCC2=O)cc1. The number of methoxy groups -OCH3 is 1. The van der Waals surface area contributed by atoms with E-state index >= 15 is 0 Å². The van der Waals surface area contributed by atoms with Crippen molar-refractivity contribution < 1.29 is 23.9 Å². The molecule has 29 heavy (non-hydrogen) atoms. The molecule has 1 heterocycles. The third-order valence-electron chi connectivity index (χ3n) is 4.50. The number of ether oxygens (including phenoxy) is 1. The minimum atomic E-state index is -0.316. The number of amides is 4. The molecule has 4 amide bonds. The Morgan fingerprint density at radius 3 is 2.28 bits per heavy atom. The fourth-order valence-corrected chi connectivity index (χ4v) is 2.96. The summed E-state index contributed by atoms with van der Waals surface area (Å²) in [6, 6.07) is 13.5. The Hall–Kier alpha value is -3.68. The number of hydrogen-bond acceptors (Lipinski definition) is 5. The monoisotopic (exact) mass is 395 g/mol. The Labute approximate surface area is 167 Å². The first kappa shape index (κ1) is 20.1. The standard InChI is InChI=1S/C21H21N3O5/c1-29-17-5-3-2-4-16(17)23-21(28)14-6-8-15(9-7-14)22-18(25)12-13-24-19(26)10-11-20(24)27/h2-9H,10-13H2,1H3,(H,22,25)(H,23,28). The Balaban J connectivity index is 1.54. The van der Waals surface area contributed by atoms with E-state index < -0.39 is 0 Å². The summed E-state index contributed by atoms with van der Waals surface area (Å²) in [6.07, 6.45) is 0.436. The lowest BCUT2D eigenvalue weighted by Gasteiger charge is -2.13. The molecule has 1 aliphatic rings. The molecule has 0 spiro atoms. The third kappa shape index (κ3) is 4.98. The molecule has 0 bridgehead atoms. The topological polar surface area (TPSA) is 105 Å². The Morgan fingerprint density at radius 2 is 1.62 bits per heavy atom. The maximum Gasteiger partial charge on any atom is 0.255 e. The molecule has 1 aliphatic heterocycles. The van der Waals surface area contributed by atoms with Crippen molar-refractivity contribution in [2.45, 2.75) is 19.3 Å². The molecule has 150 valence electrons. The van der Waals surface area contributed by atoms with E-state index in [1.807, 2.05) is 6.07 Å². The number of hydrogen-bond donors (Lipinski definition) is 2. The van der Waals surface area contributed by atoms with Gasteiger partial charge >= 0.3 is 0 Å². The van der Waals surface area contributed by atoms with Gasteiger partial charge in [-0.05, 0) is 36.4 Å². The first-order chi connectivity index (χ1) is 14.0. The van der Waals surface area contributed by atoms with Crippen molar-refractivity contribution in [3.63, 3.8) is 0 Å². The van der Waals surface area contributed by atoms with Crippen LogP contribution in [0.4, 0.5) is 11.4 Å². The molecule has 0 radical (unpaired) electrons. The van der Waals surface area contributed by atoms with Gasteiger partial charge in [-0.1, -0.05) is 12.1 Å². The summed E-state index contributed by atoms with van der Waals surface area (Å²) < 4.78 is 5.21. The van der Waals surface area contributed by atoms with Crippen molar-refractivity contribution in [3.8, 4) is 5.75 Å². The van der Waals surface area contributed by atoms with Crippen LogP contribution in [0.1, 0.15) is 29.6 Å². The molecule has 0 aromatic heterocycles. The fraction of sp³-hybridized carbons (Fsp3) is 0.238. The molecule has 2 aromatic rings. The van der Waals surface area contributed by atoms with E-state index in [1.54, 1.807) is 42.5 Å². The van der Waals surface area contributed by atoms with Gasteiger partial charge in [-0.3, -0.25) is 24.1 Å². The van der Waals surface area contributed by atoms with Crippen LogP contribution in [-0.4, -0.2) is 42.2 Å². The number of rotatable bonds is 7. The van der Waals surface area contributed by atoms with E-state index in [-0.39, 0.29) is 49.4 Å². The first-order valence-electron chi connectivity index (χ1n) is 9.15. The van der Waals surface area contributed by atoms with Crippen LogP contribution in [0.5, 0.6) is 5.75 Å². The van der Waals surface area contributed by atoms with Crippen LogP contribution in [0.3, 0.4) is 0 Å². The second-order valence-electron chi connectivity index (χ2n) is 6.47. The summed E-state index contributed by atoms with van der Waals surface area (Å²) in [4.78, 5) is 48.7. The van der Waals surface area contributed by atoms with Crippen LogP contribution >= 0.6 is 0 Å². The zero-order chi connectivity index (χ0) is 20.8. The van der Waals surface area contributed by atoms with Crippen molar-refractivity contribution in [3.05, 3.63) is 54.1 Å². The average molecular weight is 395 g/mol. The van der Waals surface area contributed by atoms with Crippen molar-refractivity contribution >= 4 is 35.0 Å². The number of benzene rings is 2. The molecule has 3 rings (SSSR count). The quantitative estimate of drug-likeness (QED) is 0.701. The molecule has 1 fully saturated rings. The molecule has 0 saturated carbocycles. The number of imide groups is 1. The number of carbonyl (C=O) groups is 4. The highest BCUT2D eigenvalue weighted by atomic mass is 16.5. The minimum absolute atomic E-state index is 0.0213. The lowest BCUT2D eigenvalue weighted by atomic mass is 10.2. The van der Waals surface area contributed by atoms with Crippen LogP contribution in [0.2, 0.25) is 0 Å². The summed E-state index contributed by atoms with van der Waals surface area (Å²) in [7, 11) is 1.53. The normalized spacial score (nSPS) is 13.3. The van der Waals surface area contributed by atoms with E-state index in [0.717, 1.165) is 4.90 Å². The van der Waals surface area contributed by atoms with Crippen LogP contribution in [0.15, 0.2) is 48.5 Å². The molecule has 1 saturated heterocycles. The van der Waals surface area contributed by atoms with Crippen molar-refractivity contribution in [2.75, 3.05) is 24.3 Å². The van der Waals surface area contributed by atoms with Gasteiger partial charge in [-0.2, -0.15) is 0 Å². The highest BCUT2D eigenvalue weighted by Crippen LogP contribution is 2.24. The number of likely N-dealkylation sites (tertiary alicyclic amines) is 1. The Kier molecular flexibility index (Phi) is 6.23. The highest BCUT2D eigenvalue weighted by molar-refractivity contribution is 6.05. The second kappa shape index (κ2) is 9.01. The van der Waals surface area contributed by atoms with E-state index in [0.29, 0.717) is 22.7 Å². The van der Waals surface area contributed by atoms with Gasteiger partial charge in [0, 0.05) is 37.1 Å². The van der Waals surface area contributed by atoms with Gasteiger partial charge in [0.1, 0.15) is 5.75 Å². The molecular weight excluding hydrogens is 374 g/mol. The Morgan fingerprint density at radius 1 is 0.966 bits per heavy atom. The lowest BCUT2D eigenvalue weighted by Crippen LogP contribution is -2.32. The lowest BCUT2D eigenvalue weighted by molar-refractivity contribution is -0.138. The smallest absolute Gasteiger partial charge is 0.255 e. The van der Waals surface area contributed by atoms with E-state index in [4.69, 9.17) is 4.74 Å². The maximum atomic E-state index is 12.4. The van der Waals surface area contributed by atoms with Gasteiger partial charge in [-0.15, -0.1) is 0 Å². The molecule has 8 heteroatoms. The van der Waals surface area contributed by atoms with Crippen LogP contribution in [0.25, 0.3) is 0 Å². The molecule has 2 N–H and O–H groups in total. The van der Waals surface area contributed by atoms with Gasteiger partial charge < -0.3 is 15.4 Å². The third-order valence-corrected chi connectivity index (χ3v) is 4.50. The highest BCUT2D eigenvalue weighted by Gasteiger charge is 2.28. The molecular formula is C21H21N3O5. The molecule has 0 atom stereocenters. The predicted octanol–water partition coefficient (Wildman–Crippen LogP) is 2.43. The predicted molar refractivity (Wildman–Crippen MR) is 107 cm³/mol. The number of carbonyl (C=O) groups excluding carboxylic acids is 4. The zero-order valence-corrected chi connectivity index (χ0v) is 15.9. The summed E-state index contributed by atoms with van der Waals surface area (Å²) in [6.45, 7) is 0.0723. The number of nitrogens with one attached hydrogen (secondary N) is 2. The van der Waals surface area contributed by atoms with Gasteiger partial charge in [0.25, 0.3) is 5.91 Å². The molecule has 0 unspecified atom stereocenters. The first-order valence-corrected chi connectivity index (χ1v) is 9.15. The number of para-hydroxylation sites is 2. The maximum absolute atomic E-state index is 12.4. The average Bonchev–Trinajstić information content (AvgIpc) is 3.05. The number of anilines is 2. The van der Waals surface area contributed by atoms with Crippen LogP contribution in [-0.2, 0) is 14.4 Å². The second-order valence-corrected chi connectivity index (χ2v) is 6.47. The van der Waals surface area contributed by atoms with Gasteiger partial charge in [-0.25, -0.2) is 0 Å². The van der Waals surface area contributed by atoms with Gasteiger partial charge in [0.15, 0.2) is 0 Å². The minimum Gasteiger partial charge on any atom is -0.495 e. The van der Waals surface area contributed by atoms with E-state index in [1.165, 1.54) is 7.11 Å². The summed E-state index contributed by atoms with van der Waals surface area (Å²) in [5.74, 6) is -0.553. The zero-order valence-electron chi connectivity index (χ0n) is 15.9. The largest absolute Gasteiger partial charge is 0.495 e. The number of nitrogens with zero attached hydrogens (tertiary/aromatic N) is 1. The van der Waals surface area contributed by atoms with Crippen molar-refractivity contribution in [2.24, 2.45) is 0 Å². The van der Waals surface area contributed by atoms with Crippen LogP contribution in [0, 0.1) is 0 Å². The summed E-state index contributed by atoms with van der Waals surface area (Å²) in [5, 5.41) is 5.47. The molecule has 8 nitrogen and oxygen atoms in total. The van der Waals surface area contributed by atoms with E-state index in [9.17, 15) is 19.2 Å². The van der Waals surface area contributed by atoms with Gasteiger partial charge in [0.2, 0.25) is 17.7 Å². The summed E-state index contributed by atoms with van der Waals surface area (Å²) in [5.41, 5.74) is 1.49. The van der Waals surface area contributed by atoms with Crippen molar-refractivity contribution in [1.29, 1.82) is 0 Å². The molecule has 2 aromatic carbocycles. The fourth-order valence-electron chi connectivity index (χ4n) is 2.96. The van der Waals surface area contributed by atoms with E-state index in [2.05, 4.69) is 10.6 Å². The van der Waals surface area contributed by atoms with Crippen LogP contribution < -0.4 is 15.4 Å². The van der Waals surface area contributed by atoms with Crippen molar-refractivity contribution in [1.82, 2.24) is 4.90 Å².